The number of hydrogen-bond donors (Lipinski definition) is 2. The molecule has 0 saturated heterocycles. The number of halogens is 1. The van der Waals surface area contributed by atoms with Gasteiger partial charge < -0.3 is 20.3 Å². The van der Waals surface area contributed by atoms with Crippen LogP contribution in [0.1, 0.15) is 43.9 Å². The standard InChI is InChI=1S/C31H32FN3O3/c1-31(2)16-25-29(27(36)17-31)30(21-10-14-23(38-3)15-11-21)35(26-7-5-4-6-24(26)34-25)19-28(37)33-18-20-8-12-22(32)13-9-20/h4-15,30,34H,16-19H2,1-3H3,(H,33,37). The second kappa shape index (κ2) is 10.3. The van der Waals surface area contributed by atoms with E-state index in [2.05, 4.69) is 24.5 Å². The topological polar surface area (TPSA) is 70.7 Å². The summed E-state index contributed by atoms with van der Waals surface area (Å²) in [6, 6.07) is 21.1. The summed E-state index contributed by atoms with van der Waals surface area (Å²) >= 11 is 0. The van der Waals surface area contributed by atoms with Gasteiger partial charge in [0.15, 0.2) is 5.78 Å². The average molecular weight is 514 g/mol. The number of methoxy groups -OCH3 is 1. The third kappa shape index (κ3) is 5.28. The zero-order valence-electron chi connectivity index (χ0n) is 21.9. The highest BCUT2D eigenvalue weighted by atomic mass is 19.1. The van der Waals surface area contributed by atoms with Crippen LogP contribution in [0.15, 0.2) is 84.1 Å². The van der Waals surface area contributed by atoms with Gasteiger partial charge in [-0.3, -0.25) is 9.59 Å². The van der Waals surface area contributed by atoms with Gasteiger partial charge in [-0.2, -0.15) is 0 Å². The summed E-state index contributed by atoms with van der Waals surface area (Å²) in [6.45, 7) is 4.53. The summed E-state index contributed by atoms with van der Waals surface area (Å²) in [4.78, 5) is 29.1. The van der Waals surface area contributed by atoms with Crippen LogP contribution in [-0.4, -0.2) is 25.3 Å². The van der Waals surface area contributed by atoms with E-state index in [1.165, 1.54) is 12.1 Å². The molecule has 0 radical (unpaired) electrons. The van der Waals surface area contributed by atoms with Crippen molar-refractivity contribution >= 4 is 23.1 Å². The number of ketones is 1. The molecule has 3 aromatic rings. The number of hydrogen-bond acceptors (Lipinski definition) is 5. The molecule has 1 aliphatic carbocycles. The van der Waals surface area contributed by atoms with E-state index >= 15 is 0 Å². The largest absolute Gasteiger partial charge is 0.497 e. The van der Waals surface area contributed by atoms with Gasteiger partial charge in [-0.1, -0.05) is 50.2 Å². The predicted molar refractivity (Wildman–Crippen MR) is 146 cm³/mol. The summed E-state index contributed by atoms with van der Waals surface area (Å²) in [5.74, 6) is 0.277. The quantitative estimate of drug-likeness (QED) is 0.438. The number of Topliss-reactive ketones (excluding diaryl/α,β-unsaturated/α-hetero) is 1. The van der Waals surface area contributed by atoms with E-state index < -0.39 is 6.04 Å². The lowest BCUT2D eigenvalue weighted by Gasteiger charge is -2.38. The summed E-state index contributed by atoms with van der Waals surface area (Å²) in [5, 5.41) is 6.52. The van der Waals surface area contributed by atoms with Crippen LogP contribution in [0.5, 0.6) is 5.75 Å². The van der Waals surface area contributed by atoms with Crippen LogP contribution < -0.4 is 20.3 Å². The van der Waals surface area contributed by atoms with E-state index in [1.54, 1.807) is 19.2 Å². The van der Waals surface area contributed by atoms with Crippen LogP contribution in [0.4, 0.5) is 15.8 Å². The lowest BCUT2D eigenvalue weighted by atomic mass is 9.73. The molecule has 0 saturated carbocycles. The Kier molecular flexibility index (Phi) is 6.93. The zero-order chi connectivity index (χ0) is 26.9. The van der Waals surface area contributed by atoms with Crippen molar-refractivity contribution in [3.63, 3.8) is 0 Å². The molecule has 1 aliphatic heterocycles. The maximum absolute atomic E-state index is 13.7. The molecule has 196 valence electrons. The molecule has 5 rings (SSSR count). The molecule has 7 heteroatoms. The van der Waals surface area contributed by atoms with Crippen LogP contribution in [-0.2, 0) is 16.1 Å². The van der Waals surface area contributed by atoms with Crippen molar-refractivity contribution in [3.05, 3.63) is 101 Å². The number of nitrogens with one attached hydrogen (secondary N) is 2. The Morgan fingerprint density at radius 2 is 1.76 bits per heavy atom. The average Bonchev–Trinajstić information content (AvgIpc) is 3.02. The van der Waals surface area contributed by atoms with Crippen molar-refractivity contribution in [2.24, 2.45) is 5.41 Å². The molecule has 0 fully saturated rings. The molecule has 1 atom stereocenters. The van der Waals surface area contributed by atoms with Gasteiger partial charge in [0.1, 0.15) is 11.6 Å². The normalized spacial score (nSPS) is 18.2. The molecule has 1 amide bonds. The Labute approximate surface area is 222 Å². The Morgan fingerprint density at radius 1 is 1.05 bits per heavy atom. The number of carbonyl (C=O) groups excluding carboxylic acids is 2. The molecule has 1 heterocycles. The molecule has 0 aromatic heterocycles. The lowest BCUT2D eigenvalue weighted by Crippen LogP contribution is -2.41. The van der Waals surface area contributed by atoms with Crippen LogP contribution in [0.3, 0.4) is 0 Å². The van der Waals surface area contributed by atoms with Crippen LogP contribution in [0.2, 0.25) is 0 Å². The van der Waals surface area contributed by atoms with Gasteiger partial charge >= 0.3 is 0 Å². The molecular formula is C31H32FN3O3. The van der Waals surface area contributed by atoms with Crippen LogP contribution in [0.25, 0.3) is 0 Å². The summed E-state index contributed by atoms with van der Waals surface area (Å²) < 4.78 is 18.7. The minimum absolute atomic E-state index is 0.0318. The SMILES string of the molecule is COc1ccc(C2C3=C(CC(C)(C)CC3=O)Nc3ccccc3N2CC(=O)NCc2ccc(F)cc2)cc1. The number of nitrogens with zero attached hydrogens (tertiary/aromatic N) is 1. The minimum Gasteiger partial charge on any atom is -0.497 e. The van der Waals surface area contributed by atoms with Gasteiger partial charge in [0.05, 0.1) is 31.1 Å². The third-order valence-electron chi connectivity index (χ3n) is 7.15. The van der Waals surface area contributed by atoms with E-state index in [1.807, 2.05) is 53.4 Å². The highest BCUT2D eigenvalue weighted by Gasteiger charge is 2.41. The maximum Gasteiger partial charge on any atom is 0.239 e. The summed E-state index contributed by atoms with van der Waals surface area (Å²) in [7, 11) is 1.62. The second-order valence-electron chi connectivity index (χ2n) is 10.7. The summed E-state index contributed by atoms with van der Waals surface area (Å²) in [6.07, 6.45) is 1.15. The van der Waals surface area contributed by atoms with Crippen molar-refractivity contribution in [2.75, 3.05) is 23.9 Å². The number of fused-ring (bicyclic) bond motifs is 1. The first-order chi connectivity index (χ1) is 18.2. The Bertz CT molecular complexity index is 1380. The van der Waals surface area contributed by atoms with E-state index in [4.69, 9.17) is 4.74 Å². The Balaban J connectivity index is 1.56. The maximum atomic E-state index is 13.7. The van der Waals surface area contributed by atoms with Crippen molar-refractivity contribution < 1.29 is 18.7 Å². The number of ether oxygens (including phenoxy) is 1. The second-order valence-corrected chi connectivity index (χ2v) is 10.7. The molecular weight excluding hydrogens is 481 g/mol. The summed E-state index contributed by atoms with van der Waals surface area (Å²) in [5.41, 5.74) is 4.81. The van der Waals surface area contributed by atoms with Crippen LogP contribution in [0, 0.1) is 11.2 Å². The first kappa shape index (κ1) is 25.5. The molecule has 2 N–H and O–H groups in total. The van der Waals surface area contributed by atoms with Gasteiger partial charge in [-0.15, -0.1) is 0 Å². The fraction of sp³-hybridized carbons (Fsp3) is 0.290. The molecule has 3 aromatic carbocycles. The zero-order valence-corrected chi connectivity index (χ0v) is 21.9. The molecule has 0 spiro atoms. The smallest absolute Gasteiger partial charge is 0.239 e. The monoisotopic (exact) mass is 513 g/mol. The highest BCUT2D eigenvalue weighted by Crippen LogP contribution is 2.48. The number of benzene rings is 3. The molecule has 2 aliphatic rings. The number of anilines is 2. The number of para-hydroxylation sites is 2. The molecule has 0 bridgehead atoms. The Morgan fingerprint density at radius 3 is 2.47 bits per heavy atom. The van der Waals surface area contributed by atoms with E-state index in [0.29, 0.717) is 12.0 Å². The predicted octanol–water partition coefficient (Wildman–Crippen LogP) is 5.77. The number of amides is 1. The van der Waals surface area contributed by atoms with Gasteiger partial charge in [0.25, 0.3) is 0 Å². The number of rotatable bonds is 6. The van der Waals surface area contributed by atoms with E-state index in [0.717, 1.165) is 40.4 Å². The lowest BCUT2D eigenvalue weighted by molar-refractivity contribution is -0.120. The third-order valence-corrected chi connectivity index (χ3v) is 7.15. The molecule has 6 nitrogen and oxygen atoms in total. The van der Waals surface area contributed by atoms with Gasteiger partial charge in [-0.05, 0) is 59.4 Å². The fourth-order valence-corrected chi connectivity index (χ4v) is 5.37. The van der Waals surface area contributed by atoms with Gasteiger partial charge in [-0.25, -0.2) is 4.39 Å². The number of allylic oxidation sites excluding steroid dienone is 1. The van der Waals surface area contributed by atoms with Gasteiger partial charge in [0.2, 0.25) is 5.91 Å². The van der Waals surface area contributed by atoms with Crippen molar-refractivity contribution in [1.29, 1.82) is 0 Å². The number of carbonyl (C=O) groups is 2. The van der Waals surface area contributed by atoms with E-state index in [-0.39, 0.29) is 36.0 Å². The van der Waals surface area contributed by atoms with Crippen molar-refractivity contribution in [2.45, 2.75) is 39.3 Å². The molecule has 38 heavy (non-hydrogen) atoms. The van der Waals surface area contributed by atoms with Gasteiger partial charge in [0, 0.05) is 24.2 Å². The van der Waals surface area contributed by atoms with E-state index in [9.17, 15) is 14.0 Å². The Hall–Kier alpha value is -4.13. The highest BCUT2D eigenvalue weighted by molar-refractivity contribution is 6.01. The van der Waals surface area contributed by atoms with Crippen molar-refractivity contribution in [1.82, 2.24) is 5.32 Å². The first-order valence-electron chi connectivity index (χ1n) is 12.8. The fourth-order valence-electron chi connectivity index (χ4n) is 5.37. The molecule has 1 unspecified atom stereocenters. The van der Waals surface area contributed by atoms with Crippen molar-refractivity contribution in [3.8, 4) is 5.75 Å². The minimum atomic E-state index is -0.466. The first-order valence-corrected chi connectivity index (χ1v) is 12.8. The van der Waals surface area contributed by atoms with Crippen LogP contribution >= 0.6 is 0 Å².